The van der Waals surface area contributed by atoms with Crippen molar-refractivity contribution in [2.75, 3.05) is 40.3 Å². The monoisotopic (exact) mass is 313 g/mol. The van der Waals surface area contributed by atoms with Gasteiger partial charge in [0.05, 0.1) is 7.11 Å². The van der Waals surface area contributed by atoms with Crippen LogP contribution in [0.5, 0.6) is 5.75 Å². The Morgan fingerprint density at radius 3 is 2.61 bits per heavy atom. The highest BCUT2D eigenvalue weighted by atomic mass is 16.5. The number of hydrogen-bond donors (Lipinski definition) is 0. The molecule has 1 aromatic rings. The Balaban J connectivity index is 2.21. The maximum absolute atomic E-state index is 12.5. The average molecular weight is 313 g/mol. The quantitative estimate of drug-likeness (QED) is 0.630. The Hall–Kier alpha value is -2.32. The number of ether oxygens (including phenoxy) is 1. The molecule has 0 unspecified atom stereocenters. The summed E-state index contributed by atoms with van der Waals surface area (Å²) >= 11 is 0. The molecule has 5 heteroatoms. The van der Waals surface area contributed by atoms with Gasteiger partial charge in [-0.05, 0) is 42.8 Å². The number of likely N-dealkylation sites (N-methyl/N-ethyl adjacent to an activating group) is 1. The molecule has 0 radical (unpaired) electrons. The van der Waals surface area contributed by atoms with Crippen LogP contribution in [0.4, 0.5) is 0 Å². The smallest absolute Gasteiger partial charge is 0.264 e. The molecule has 0 atom stereocenters. The number of methoxy groups -OCH3 is 1. The summed E-state index contributed by atoms with van der Waals surface area (Å²) in [7, 11) is 3.67. The first kappa shape index (κ1) is 17.0. The SMILES string of the molecule is CCc1cc(/C=C(\C#N)C(=O)N2CCN(C)CC2)ccc1OC. The number of carbonyl (C=O) groups is 1. The van der Waals surface area contributed by atoms with E-state index in [-0.39, 0.29) is 11.5 Å². The fourth-order valence-corrected chi connectivity index (χ4v) is 2.65. The van der Waals surface area contributed by atoms with Crippen LogP contribution in [0.3, 0.4) is 0 Å². The largest absolute Gasteiger partial charge is 0.496 e. The predicted octanol–water partition coefficient (Wildman–Crippen LogP) is 1.94. The van der Waals surface area contributed by atoms with Crippen LogP contribution < -0.4 is 4.74 Å². The van der Waals surface area contributed by atoms with Crippen molar-refractivity contribution >= 4 is 12.0 Å². The molecule has 1 aliphatic rings. The molecule has 0 spiro atoms. The molecule has 1 heterocycles. The van der Waals surface area contributed by atoms with E-state index in [1.54, 1.807) is 18.1 Å². The van der Waals surface area contributed by atoms with Crippen molar-refractivity contribution in [1.82, 2.24) is 9.80 Å². The maximum Gasteiger partial charge on any atom is 0.264 e. The molecule has 2 rings (SSSR count). The Kier molecular flexibility index (Phi) is 5.78. The van der Waals surface area contributed by atoms with E-state index in [0.717, 1.165) is 36.4 Å². The van der Waals surface area contributed by atoms with Crippen molar-refractivity contribution in [2.24, 2.45) is 0 Å². The topological polar surface area (TPSA) is 56.6 Å². The van der Waals surface area contributed by atoms with Gasteiger partial charge in [0.1, 0.15) is 17.4 Å². The molecule has 0 N–H and O–H groups in total. The minimum Gasteiger partial charge on any atom is -0.496 e. The second kappa shape index (κ2) is 7.80. The summed E-state index contributed by atoms with van der Waals surface area (Å²) < 4.78 is 5.31. The van der Waals surface area contributed by atoms with Gasteiger partial charge in [0.15, 0.2) is 0 Å². The van der Waals surface area contributed by atoms with E-state index in [2.05, 4.69) is 4.90 Å². The van der Waals surface area contributed by atoms with E-state index >= 15 is 0 Å². The molecule has 1 fully saturated rings. The van der Waals surface area contributed by atoms with E-state index in [0.29, 0.717) is 13.1 Å². The van der Waals surface area contributed by atoms with E-state index in [4.69, 9.17) is 4.74 Å². The number of hydrogen-bond acceptors (Lipinski definition) is 4. The van der Waals surface area contributed by atoms with Crippen LogP contribution in [0.2, 0.25) is 0 Å². The third-order valence-corrected chi connectivity index (χ3v) is 4.14. The van der Waals surface area contributed by atoms with Crippen molar-refractivity contribution in [3.05, 3.63) is 34.9 Å². The van der Waals surface area contributed by atoms with Gasteiger partial charge < -0.3 is 14.5 Å². The van der Waals surface area contributed by atoms with Crippen molar-refractivity contribution in [1.29, 1.82) is 5.26 Å². The average Bonchev–Trinajstić information content (AvgIpc) is 2.59. The summed E-state index contributed by atoms with van der Waals surface area (Å²) in [6.07, 6.45) is 2.50. The van der Waals surface area contributed by atoms with Crippen LogP contribution in [-0.2, 0) is 11.2 Å². The second-order valence-corrected chi connectivity index (χ2v) is 5.69. The number of nitrogens with zero attached hydrogens (tertiary/aromatic N) is 3. The molecule has 122 valence electrons. The van der Waals surface area contributed by atoms with Gasteiger partial charge in [0, 0.05) is 26.2 Å². The Morgan fingerprint density at radius 1 is 1.35 bits per heavy atom. The lowest BCUT2D eigenvalue weighted by Gasteiger charge is -2.32. The molecule has 5 nitrogen and oxygen atoms in total. The van der Waals surface area contributed by atoms with E-state index in [1.165, 1.54) is 0 Å². The van der Waals surface area contributed by atoms with Crippen molar-refractivity contribution in [3.63, 3.8) is 0 Å². The first-order chi connectivity index (χ1) is 11.1. The van der Waals surface area contributed by atoms with E-state index in [1.807, 2.05) is 38.2 Å². The first-order valence-corrected chi connectivity index (χ1v) is 7.85. The number of rotatable bonds is 4. The predicted molar refractivity (Wildman–Crippen MR) is 90.0 cm³/mol. The zero-order valence-corrected chi connectivity index (χ0v) is 14.0. The minimum absolute atomic E-state index is 0.182. The standard InChI is InChI=1S/C18H23N3O2/c1-4-15-11-14(5-6-17(15)23-3)12-16(13-19)18(22)21-9-7-20(2)8-10-21/h5-6,11-12H,4,7-10H2,1-3H3/b16-12+. The summed E-state index contributed by atoms with van der Waals surface area (Å²) in [5, 5.41) is 9.37. The maximum atomic E-state index is 12.5. The molecule has 1 aromatic carbocycles. The molecule has 1 amide bonds. The van der Waals surface area contributed by atoms with E-state index in [9.17, 15) is 10.1 Å². The normalized spacial score (nSPS) is 16.1. The molecule has 1 saturated heterocycles. The Labute approximate surface area is 137 Å². The van der Waals surface area contributed by atoms with Crippen molar-refractivity contribution in [3.8, 4) is 11.8 Å². The van der Waals surface area contributed by atoms with Gasteiger partial charge in [-0.15, -0.1) is 0 Å². The van der Waals surface area contributed by atoms with Crippen molar-refractivity contribution < 1.29 is 9.53 Å². The molecule has 0 bridgehead atoms. The van der Waals surface area contributed by atoms with Crippen LogP contribution in [0.1, 0.15) is 18.1 Å². The van der Waals surface area contributed by atoms with Crippen LogP contribution in [-0.4, -0.2) is 56.0 Å². The summed E-state index contributed by atoms with van der Waals surface area (Å²) in [5.74, 6) is 0.642. The number of piperazine rings is 1. The second-order valence-electron chi connectivity index (χ2n) is 5.69. The third kappa shape index (κ3) is 4.11. The zero-order chi connectivity index (χ0) is 16.8. The molecule has 0 saturated carbocycles. The van der Waals surface area contributed by atoms with Crippen molar-refractivity contribution in [2.45, 2.75) is 13.3 Å². The summed E-state index contributed by atoms with van der Waals surface area (Å²) in [5.41, 5.74) is 2.09. The van der Waals surface area contributed by atoms with E-state index < -0.39 is 0 Å². The highest BCUT2D eigenvalue weighted by Crippen LogP contribution is 2.22. The molecular weight excluding hydrogens is 290 g/mol. The molecular formula is C18H23N3O2. The number of aryl methyl sites for hydroxylation is 1. The minimum atomic E-state index is -0.186. The van der Waals surface area contributed by atoms with Gasteiger partial charge in [-0.3, -0.25) is 4.79 Å². The first-order valence-electron chi connectivity index (χ1n) is 7.85. The number of amides is 1. The van der Waals surface area contributed by atoms with Crippen LogP contribution in [0.25, 0.3) is 6.08 Å². The lowest BCUT2D eigenvalue weighted by atomic mass is 10.0. The Morgan fingerprint density at radius 2 is 2.04 bits per heavy atom. The summed E-state index contributed by atoms with van der Waals surface area (Å²) in [4.78, 5) is 16.4. The third-order valence-electron chi connectivity index (χ3n) is 4.14. The van der Waals surface area contributed by atoms with Gasteiger partial charge in [-0.2, -0.15) is 5.26 Å². The van der Waals surface area contributed by atoms with Gasteiger partial charge in [-0.25, -0.2) is 0 Å². The van der Waals surface area contributed by atoms with Gasteiger partial charge in [-0.1, -0.05) is 13.0 Å². The molecule has 23 heavy (non-hydrogen) atoms. The zero-order valence-electron chi connectivity index (χ0n) is 14.0. The lowest BCUT2D eigenvalue weighted by Crippen LogP contribution is -2.47. The van der Waals surface area contributed by atoms with Gasteiger partial charge in [0.25, 0.3) is 5.91 Å². The van der Waals surface area contributed by atoms with Crippen LogP contribution in [0.15, 0.2) is 23.8 Å². The molecule has 0 aromatic heterocycles. The number of benzene rings is 1. The fourth-order valence-electron chi connectivity index (χ4n) is 2.65. The number of carbonyl (C=O) groups excluding carboxylic acids is 1. The molecule has 1 aliphatic heterocycles. The lowest BCUT2D eigenvalue weighted by molar-refractivity contribution is -0.128. The highest BCUT2D eigenvalue weighted by Gasteiger charge is 2.22. The van der Waals surface area contributed by atoms with Gasteiger partial charge in [0.2, 0.25) is 0 Å². The fraction of sp³-hybridized carbons (Fsp3) is 0.444. The van der Waals surface area contributed by atoms with Gasteiger partial charge >= 0.3 is 0 Å². The van der Waals surface area contributed by atoms with Crippen LogP contribution in [0, 0.1) is 11.3 Å². The number of nitriles is 1. The summed E-state index contributed by atoms with van der Waals surface area (Å²) in [6, 6.07) is 7.76. The highest BCUT2D eigenvalue weighted by molar-refractivity contribution is 6.01. The van der Waals surface area contributed by atoms with Crippen LogP contribution >= 0.6 is 0 Å². The summed E-state index contributed by atoms with van der Waals surface area (Å²) in [6.45, 7) is 5.06. The Bertz CT molecular complexity index is 638. The molecule has 0 aliphatic carbocycles.